The van der Waals surface area contributed by atoms with Crippen LogP contribution >= 0.6 is 0 Å². The molecular formula is C18H14F2N2O2. The number of rotatable bonds is 3. The third-order valence-electron chi connectivity index (χ3n) is 4.67. The molecule has 0 aliphatic carbocycles. The Labute approximate surface area is 136 Å². The normalized spacial score (nSPS) is 21.2. The van der Waals surface area contributed by atoms with E-state index < -0.39 is 23.5 Å². The van der Waals surface area contributed by atoms with E-state index in [4.69, 9.17) is 0 Å². The van der Waals surface area contributed by atoms with Gasteiger partial charge in [-0.05, 0) is 60.4 Å². The van der Waals surface area contributed by atoms with Crippen LogP contribution in [0.1, 0.15) is 35.8 Å². The van der Waals surface area contributed by atoms with Gasteiger partial charge < -0.3 is 10.6 Å². The molecule has 2 N–H and O–H groups in total. The molecule has 2 unspecified atom stereocenters. The van der Waals surface area contributed by atoms with Crippen molar-refractivity contribution in [1.29, 1.82) is 0 Å². The van der Waals surface area contributed by atoms with Gasteiger partial charge in [0.1, 0.15) is 11.6 Å². The van der Waals surface area contributed by atoms with E-state index in [0.717, 1.165) is 0 Å². The SMILES string of the molecule is O=C1Nc2ccc(F)cc2C1CCC1C(=O)Nc2ccc(F)cc21. The van der Waals surface area contributed by atoms with Crippen LogP contribution in [0.2, 0.25) is 0 Å². The maximum atomic E-state index is 13.5. The number of carbonyl (C=O) groups excluding carboxylic acids is 2. The Balaban J connectivity index is 1.56. The minimum Gasteiger partial charge on any atom is -0.325 e. The molecule has 2 heterocycles. The molecule has 0 radical (unpaired) electrons. The number of amides is 2. The average molecular weight is 328 g/mol. The van der Waals surface area contributed by atoms with Crippen LogP contribution in [0.4, 0.5) is 20.2 Å². The Morgan fingerprint density at radius 3 is 1.58 bits per heavy atom. The molecule has 0 aromatic heterocycles. The van der Waals surface area contributed by atoms with E-state index in [0.29, 0.717) is 35.3 Å². The molecule has 2 aliphatic rings. The highest BCUT2D eigenvalue weighted by atomic mass is 19.1. The van der Waals surface area contributed by atoms with Crippen molar-refractivity contribution in [3.05, 3.63) is 59.2 Å². The molecule has 4 nitrogen and oxygen atoms in total. The molecule has 2 atom stereocenters. The second-order valence-corrected chi connectivity index (χ2v) is 6.12. The van der Waals surface area contributed by atoms with E-state index in [1.54, 1.807) is 0 Å². The first-order valence-corrected chi connectivity index (χ1v) is 7.73. The maximum absolute atomic E-state index is 13.5. The Morgan fingerprint density at radius 1 is 0.750 bits per heavy atom. The lowest BCUT2D eigenvalue weighted by molar-refractivity contribution is -0.119. The van der Waals surface area contributed by atoms with Crippen LogP contribution in [0.25, 0.3) is 0 Å². The van der Waals surface area contributed by atoms with Crippen molar-refractivity contribution in [2.75, 3.05) is 10.6 Å². The lowest BCUT2D eigenvalue weighted by Gasteiger charge is -2.13. The fourth-order valence-electron chi connectivity index (χ4n) is 3.50. The van der Waals surface area contributed by atoms with Gasteiger partial charge in [-0.2, -0.15) is 0 Å². The Kier molecular flexibility index (Phi) is 3.33. The predicted molar refractivity (Wildman–Crippen MR) is 84.8 cm³/mol. The van der Waals surface area contributed by atoms with Crippen molar-refractivity contribution in [3.8, 4) is 0 Å². The monoisotopic (exact) mass is 328 g/mol. The van der Waals surface area contributed by atoms with Gasteiger partial charge in [-0.3, -0.25) is 9.59 Å². The van der Waals surface area contributed by atoms with Gasteiger partial charge in [0.15, 0.2) is 0 Å². The van der Waals surface area contributed by atoms with Crippen LogP contribution in [-0.4, -0.2) is 11.8 Å². The molecule has 0 fully saturated rings. The van der Waals surface area contributed by atoms with Gasteiger partial charge in [0.25, 0.3) is 0 Å². The van der Waals surface area contributed by atoms with Crippen LogP contribution in [0.15, 0.2) is 36.4 Å². The smallest absolute Gasteiger partial charge is 0.232 e. The highest BCUT2D eigenvalue weighted by molar-refractivity contribution is 6.04. The Morgan fingerprint density at radius 2 is 1.17 bits per heavy atom. The maximum Gasteiger partial charge on any atom is 0.232 e. The summed E-state index contributed by atoms with van der Waals surface area (Å²) in [7, 11) is 0. The molecule has 24 heavy (non-hydrogen) atoms. The second-order valence-electron chi connectivity index (χ2n) is 6.12. The Hall–Kier alpha value is -2.76. The molecule has 0 bridgehead atoms. The highest BCUT2D eigenvalue weighted by Gasteiger charge is 2.35. The number of carbonyl (C=O) groups is 2. The van der Waals surface area contributed by atoms with Crippen molar-refractivity contribution in [1.82, 2.24) is 0 Å². The summed E-state index contributed by atoms with van der Waals surface area (Å²) in [5.74, 6) is -2.20. The molecule has 2 aliphatic heterocycles. The van der Waals surface area contributed by atoms with E-state index in [1.165, 1.54) is 36.4 Å². The topological polar surface area (TPSA) is 58.2 Å². The molecule has 4 rings (SSSR count). The van der Waals surface area contributed by atoms with Gasteiger partial charge in [0.05, 0.1) is 11.8 Å². The predicted octanol–water partition coefficient (Wildman–Crippen LogP) is 3.52. The summed E-state index contributed by atoms with van der Waals surface area (Å²) in [6.45, 7) is 0. The van der Waals surface area contributed by atoms with Crippen molar-refractivity contribution >= 4 is 23.2 Å². The van der Waals surface area contributed by atoms with Crippen LogP contribution in [0, 0.1) is 11.6 Å². The molecule has 122 valence electrons. The first kappa shape index (κ1) is 14.8. The van der Waals surface area contributed by atoms with E-state index in [2.05, 4.69) is 10.6 Å². The van der Waals surface area contributed by atoms with Crippen LogP contribution in [-0.2, 0) is 9.59 Å². The summed E-state index contributed by atoms with van der Waals surface area (Å²) in [6.07, 6.45) is 0.770. The fourth-order valence-corrected chi connectivity index (χ4v) is 3.50. The molecule has 2 aromatic rings. The fraction of sp³-hybridized carbons (Fsp3) is 0.222. The molecule has 0 saturated carbocycles. The molecular weight excluding hydrogens is 314 g/mol. The van der Waals surface area contributed by atoms with Crippen molar-refractivity contribution < 1.29 is 18.4 Å². The van der Waals surface area contributed by atoms with Gasteiger partial charge in [0.2, 0.25) is 11.8 Å². The van der Waals surface area contributed by atoms with Crippen molar-refractivity contribution in [3.63, 3.8) is 0 Å². The highest BCUT2D eigenvalue weighted by Crippen LogP contribution is 2.41. The summed E-state index contributed by atoms with van der Waals surface area (Å²) in [5.41, 5.74) is 2.43. The number of benzene rings is 2. The van der Waals surface area contributed by atoms with Crippen molar-refractivity contribution in [2.45, 2.75) is 24.7 Å². The van der Waals surface area contributed by atoms with E-state index in [9.17, 15) is 18.4 Å². The Bertz CT molecular complexity index is 795. The number of anilines is 2. The molecule has 6 heteroatoms. The number of hydrogen-bond donors (Lipinski definition) is 2. The summed E-state index contributed by atoms with van der Waals surface area (Å²) in [5, 5.41) is 5.45. The van der Waals surface area contributed by atoms with Crippen LogP contribution in [0.5, 0.6) is 0 Å². The number of fused-ring (bicyclic) bond motifs is 2. The molecule has 0 spiro atoms. The van der Waals surface area contributed by atoms with Gasteiger partial charge in [-0.1, -0.05) is 0 Å². The summed E-state index contributed by atoms with van der Waals surface area (Å²) < 4.78 is 26.9. The lowest BCUT2D eigenvalue weighted by Crippen LogP contribution is -2.16. The van der Waals surface area contributed by atoms with E-state index in [1.807, 2.05) is 0 Å². The lowest BCUT2D eigenvalue weighted by atomic mass is 9.88. The quantitative estimate of drug-likeness (QED) is 0.906. The zero-order chi connectivity index (χ0) is 16.8. The average Bonchev–Trinajstić information content (AvgIpc) is 3.01. The molecule has 2 amide bonds. The minimum absolute atomic E-state index is 0.200. The zero-order valence-electron chi connectivity index (χ0n) is 12.6. The first-order chi connectivity index (χ1) is 11.5. The largest absolute Gasteiger partial charge is 0.325 e. The molecule has 0 saturated heterocycles. The standard InChI is InChI=1S/C18H14F2N2O2/c19-9-1-5-15-13(7-9)11(17(23)21-15)3-4-12-14-8-10(20)2-6-16(14)22-18(12)24/h1-2,5-8,11-12H,3-4H2,(H,21,23)(H,22,24). The van der Waals surface area contributed by atoms with Gasteiger partial charge in [-0.15, -0.1) is 0 Å². The number of halogens is 2. The van der Waals surface area contributed by atoms with Gasteiger partial charge in [0, 0.05) is 11.4 Å². The summed E-state index contributed by atoms with van der Waals surface area (Å²) in [4.78, 5) is 24.3. The third-order valence-corrected chi connectivity index (χ3v) is 4.67. The third kappa shape index (κ3) is 2.35. The molecule has 2 aromatic carbocycles. The van der Waals surface area contributed by atoms with Crippen molar-refractivity contribution in [2.24, 2.45) is 0 Å². The summed E-state index contributed by atoms with van der Waals surface area (Å²) >= 11 is 0. The van der Waals surface area contributed by atoms with E-state index in [-0.39, 0.29) is 11.8 Å². The summed E-state index contributed by atoms with van der Waals surface area (Å²) in [6, 6.07) is 8.36. The van der Waals surface area contributed by atoms with Crippen LogP contribution < -0.4 is 10.6 Å². The van der Waals surface area contributed by atoms with Crippen LogP contribution in [0.3, 0.4) is 0 Å². The minimum atomic E-state index is -0.499. The van der Waals surface area contributed by atoms with Gasteiger partial charge >= 0.3 is 0 Å². The van der Waals surface area contributed by atoms with Gasteiger partial charge in [-0.25, -0.2) is 8.78 Å². The first-order valence-electron chi connectivity index (χ1n) is 7.73. The second kappa shape index (κ2) is 5.40. The zero-order valence-corrected chi connectivity index (χ0v) is 12.6. The number of hydrogen-bond acceptors (Lipinski definition) is 2. The number of nitrogens with one attached hydrogen (secondary N) is 2. The van der Waals surface area contributed by atoms with E-state index >= 15 is 0 Å².